The van der Waals surface area contributed by atoms with Crippen LogP contribution < -0.4 is 5.32 Å². The molecule has 0 aromatic carbocycles. The van der Waals surface area contributed by atoms with Gasteiger partial charge in [0.1, 0.15) is 0 Å². The summed E-state index contributed by atoms with van der Waals surface area (Å²) in [6, 6.07) is 0. The van der Waals surface area contributed by atoms with Gasteiger partial charge < -0.3 is 5.32 Å². The Morgan fingerprint density at radius 2 is 2.35 bits per heavy atom. The van der Waals surface area contributed by atoms with Gasteiger partial charge in [0.15, 0.2) is 0 Å². The number of nitrogens with one attached hydrogen (secondary N) is 1. The van der Waals surface area contributed by atoms with E-state index in [2.05, 4.69) is 42.2 Å². The first-order valence-corrected chi connectivity index (χ1v) is 6.72. The van der Waals surface area contributed by atoms with Gasteiger partial charge in [-0.1, -0.05) is 31.9 Å². The third-order valence-corrected chi connectivity index (χ3v) is 3.36. The van der Waals surface area contributed by atoms with Crippen LogP contribution in [-0.4, -0.2) is 25.5 Å². The van der Waals surface area contributed by atoms with Gasteiger partial charge in [0, 0.05) is 19.0 Å². The minimum Gasteiger partial charge on any atom is -0.313 e. The molecule has 1 aliphatic rings. The average Bonchev–Trinajstić information content (AvgIpc) is 2.38. The second-order valence-corrected chi connectivity index (χ2v) is 4.58. The van der Waals surface area contributed by atoms with Crippen molar-refractivity contribution in [2.75, 3.05) is 13.1 Å². The van der Waals surface area contributed by atoms with Gasteiger partial charge >= 0.3 is 0 Å². The molecule has 17 heavy (non-hydrogen) atoms. The van der Waals surface area contributed by atoms with Gasteiger partial charge in [0.25, 0.3) is 0 Å². The van der Waals surface area contributed by atoms with Crippen LogP contribution in [0, 0.1) is 5.92 Å². The Morgan fingerprint density at radius 3 is 2.88 bits per heavy atom. The van der Waals surface area contributed by atoms with Gasteiger partial charge in [-0.3, -0.25) is 0 Å². The summed E-state index contributed by atoms with van der Waals surface area (Å²) in [5.74, 6) is 0.655. The minimum atomic E-state index is 0.655. The lowest BCUT2D eigenvalue weighted by Crippen LogP contribution is -2.24. The van der Waals surface area contributed by atoms with E-state index in [1.165, 1.54) is 25.0 Å². The van der Waals surface area contributed by atoms with Crippen molar-refractivity contribution in [2.45, 2.75) is 46.0 Å². The highest BCUT2D eigenvalue weighted by atomic mass is 15.2. The Morgan fingerprint density at radius 1 is 1.53 bits per heavy atom. The van der Waals surface area contributed by atoms with Crippen LogP contribution >= 0.6 is 0 Å². The second-order valence-electron chi connectivity index (χ2n) is 4.58. The first-order valence-electron chi connectivity index (χ1n) is 6.72. The van der Waals surface area contributed by atoms with E-state index in [0.717, 1.165) is 25.9 Å². The van der Waals surface area contributed by atoms with Crippen molar-refractivity contribution in [3.05, 3.63) is 11.6 Å². The molecule has 0 aliphatic carbocycles. The van der Waals surface area contributed by atoms with Crippen molar-refractivity contribution < 1.29 is 0 Å². The van der Waals surface area contributed by atoms with E-state index in [-0.39, 0.29) is 0 Å². The van der Waals surface area contributed by atoms with Crippen molar-refractivity contribution in [3.63, 3.8) is 0 Å². The first-order chi connectivity index (χ1) is 8.31. The summed E-state index contributed by atoms with van der Waals surface area (Å²) in [5, 5.41) is 11.2. The number of hydrogen-bond acceptors (Lipinski definition) is 3. The van der Waals surface area contributed by atoms with Crippen LogP contribution in [-0.2, 0) is 0 Å². The van der Waals surface area contributed by atoms with Crippen LogP contribution in [0.5, 0.6) is 0 Å². The summed E-state index contributed by atoms with van der Waals surface area (Å²) in [4.78, 5) is 0. The van der Waals surface area contributed by atoms with Crippen LogP contribution in [0.4, 0.5) is 0 Å². The molecule has 0 radical (unpaired) electrons. The monoisotopic (exact) mass is 235 g/mol. The quantitative estimate of drug-likeness (QED) is 0.411. The molecule has 1 atom stereocenters. The zero-order valence-corrected chi connectivity index (χ0v) is 11.2. The van der Waals surface area contributed by atoms with Crippen LogP contribution in [0.15, 0.2) is 21.9 Å². The molecule has 0 spiro atoms. The molecule has 0 fully saturated rings. The lowest BCUT2D eigenvalue weighted by Gasteiger charge is -2.23. The van der Waals surface area contributed by atoms with Gasteiger partial charge in [-0.25, -0.2) is 0 Å². The highest BCUT2D eigenvalue weighted by Crippen LogP contribution is 2.26. The lowest BCUT2D eigenvalue weighted by atomic mass is 9.86. The Balaban J connectivity index is 2.67. The zero-order chi connectivity index (χ0) is 12.5. The molecule has 3 heteroatoms. The fourth-order valence-corrected chi connectivity index (χ4v) is 2.42. The highest BCUT2D eigenvalue weighted by Gasteiger charge is 2.17. The predicted molar refractivity (Wildman–Crippen MR) is 75.9 cm³/mol. The molecule has 0 amide bonds. The summed E-state index contributed by atoms with van der Waals surface area (Å²) in [6.07, 6.45) is 8.05. The number of nitrogens with zero attached hydrogens (tertiary/aromatic N) is 2. The first kappa shape index (κ1) is 14.1. The third-order valence-electron chi connectivity index (χ3n) is 3.36. The van der Waals surface area contributed by atoms with Crippen LogP contribution in [0.25, 0.3) is 0 Å². The Kier molecular flexibility index (Phi) is 6.78. The van der Waals surface area contributed by atoms with Gasteiger partial charge in [-0.05, 0) is 38.1 Å². The van der Waals surface area contributed by atoms with E-state index < -0.39 is 0 Å². The van der Waals surface area contributed by atoms with Crippen LogP contribution in [0.3, 0.4) is 0 Å². The number of hydrogen-bond donors (Lipinski definition) is 1. The summed E-state index contributed by atoms with van der Waals surface area (Å²) < 4.78 is 0. The maximum atomic E-state index is 4.15. The van der Waals surface area contributed by atoms with Crippen molar-refractivity contribution in [1.29, 1.82) is 0 Å². The SMILES string of the molecule is C=N/N=C(\CC)CC(CCC)C1=CCNCC1. The lowest BCUT2D eigenvalue weighted by molar-refractivity contribution is 0.524. The van der Waals surface area contributed by atoms with Crippen molar-refractivity contribution in [3.8, 4) is 0 Å². The molecule has 0 saturated heterocycles. The molecule has 96 valence electrons. The van der Waals surface area contributed by atoms with E-state index >= 15 is 0 Å². The smallest absolute Gasteiger partial charge is 0.0408 e. The van der Waals surface area contributed by atoms with Crippen molar-refractivity contribution >= 4 is 12.4 Å². The number of rotatable bonds is 7. The van der Waals surface area contributed by atoms with E-state index in [1.54, 1.807) is 5.57 Å². The molecule has 0 bridgehead atoms. The maximum Gasteiger partial charge on any atom is 0.0408 e. The zero-order valence-electron chi connectivity index (χ0n) is 11.2. The van der Waals surface area contributed by atoms with E-state index in [9.17, 15) is 0 Å². The summed E-state index contributed by atoms with van der Waals surface area (Å²) in [5.41, 5.74) is 2.79. The van der Waals surface area contributed by atoms with E-state index in [0.29, 0.717) is 5.92 Å². The predicted octanol–water partition coefficient (Wildman–Crippen LogP) is 3.18. The van der Waals surface area contributed by atoms with E-state index in [1.807, 2.05) is 0 Å². The van der Waals surface area contributed by atoms with Gasteiger partial charge in [0.2, 0.25) is 0 Å². The average molecular weight is 235 g/mol. The molecule has 1 N–H and O–H groups in total. The highest BCUT2D eigenvalue weighted by molar-refractivity contribution is 5.84. The molecule has 1 heterocycles. The summed E-state index contributed by atoms with van der Waals surface area (Å²) >= 11 is 0. The third kappa shape index (κ3) is 4.82. The molecule has 1 rings (SSSR count). The summed E-state index contributed by atoms with van der Waals surface area (Å²) in [7, 11) is 0. The Bertz CT molecular complexity index is 292. The van der Waals surface area contributed by atoms with Crippen LogP contribution in [0.2, 0.25) is 0 Å². The van der Waals surface area contributed by atoms with Gasteiger partial charge in [-0.2, -0.15) is 10.2 Å². The minimum absolute atomic E-state index is 0.655. The van der Waals surface area contributed by atoms with Crippen LogP contribution in [0.1, 0.15) is 46.0 Å². The Labute approximate surface area is 105 Å². The standard InChI is InChI=1S/C14H25N3/c1-4-6-13(11-14(5-2)17-15-3)12-7-9-16-10-8-12/h7,13,16H,3-6,8-11H2,1-2H3/b17-14+. The molecular formula is C14H25N3. The molecule has 3 nitrogen and oxygen atoms in total. The topological polar surface area (TPSA) is 36.8 Å². The van der Waals surface area contributed by atoms with Gasteiger partial charge in [0.05, 0.1) is 0 Å². The van der Waals surface area contributed by atoms with Crippen molar-refractivity contribution in [2.24, 2.45) is 16.1 Å². The fraction of sp³-hybridized carbons (Fsp3) is 0.714. The van der Waals surface area contributed by atoms with Gasteiger partial charge in [-0.15, -0.1) is 0 Å². The van der Waals surface area contributed by atoms with Crippen molar-refractivity contribution in [1.82, 2.24) is 5.32 Å². The molecule has 1 aliphatic heterocycles. The fourth-order valence-electron chi connectivity index (χ4n) is 2.42. The van der Waals surface area contributed by atoms with E-state index in [4.69, 9.17) is 0 Å². The molecule has 0 aromatic rings. The molecule has 0 aromatic heterocycles. The summed E-state index contributed by atoms with van der Waals surface area (Å²) in [6.45, 7) is 9.99. The maximum absolute atomic E-state index is 4.15. The second kappa shape index (κ2) is 8.18. The normalized spacial score (nSPS) is 18.7. The molecule has 0 saturated carbocycles. The Hall–Kier alpha value is -0.960. The largest absolute Gasteiger partial charge is 0.313 e. The molecular weight excluding hydrogens is 210 g/mol. The molecule has 1 unspecified atom stereocenters.